The Morgan fingerprint density at radius 2 is 1.41 bits per heavy atom. The molecule has 0 aromatic heterocycles. The van der Waals surface area contributed by atoms with Crippen LogP contribution in [0.25, 0.3) is 0 Å². The van der Waals surface area contributed by atoms with E-state index in [-0.39, 0.29) is 17.9 Å². The van der Waals surface area contributed by atoms with Crippen molar-refractivity contribution in [1.29, 1.82) is 0 Å². The summed E-state index contributed by atoms with van der Waals surface area (Å²) in [5, 5.41) is 0. The highest BCUT2D eigenvalue weighted by atomic mass is 16.5. The Morgan fingerprint density at radius 3 is 2.00 bits per heavy atom. The average Bonchev–Trinajstić information content (AvgIpc) is 2.81. The van der Waals surface area contributed by atoms with Gasteiger partial charge < -0.3 is 4.74 Å². The highest BCUT2D eigenvalue weighted by Gasteiger charge is 2.44. The van der Waals surface area contributed by atoms with Gasteiger partial charge in [0.1, 0.15) is 0 Å². The molecule has 3 aromatic carbocycles. The molecule has 1 unspecified atom stereocenters. The molecule has 148 valence electrons. The first-order valence-corrected chi connectivity index (χ1v) is 10.6. The normalized spacial score (nSPS) is 25.3. The van der Waals surface area contributed by atoms with E-state index in [1.807, 2.05) is 6.07 Å². The zero-order valence-corrected chi connectivity index (χ0v) is 17.5. The Labute approximate surface area is 174 Å². The van der Waals surface area contributed by atoms with Crippen molar-refractivity contribution >= 4 is 5.71 Å². The van der Waals surface area contributed by atoms with Gasteiger partial charge in [0, 0.05) is 17.4 Å². The maximum absolute atomic E-state index is 6.90. The highest BCUT2D eigenvalue weighted by Crippen LogP contribution is 2.43. The van der Waals surface area contributed by atoms with Gasteiger partial charge in [-0.15, -0.1) is 0 Å². The van der Waals surface area contributed by atoms with Crippen LogP contribution >= 0.6 is 0 Å². The lowest BCUT2D eigenvalue weighted by molar-refractivity contribution is -0.125. The molecule has 4 rings (SSSR count). The fraction of sp³-hybridized carbons (Fsp3) is 0.296. The number of nitrogens with zero attached hydrogens (tertiary/aromatic N) is 1. The second-order valence-corrected chi connectivity index (χ2v) is 7.94. The molecular weight excluding hydrogens is 354 g/mol. The Kier molecular flexibility index (Phi) is 5.64. The van der Waals surface area contributed by atoms with Gasteiger partial charge in [0.05, 0.1) is 11.8 Å². The topological polar surface area (TPSA) is 21.6 Å². The van der Waals surface area contributed by atoms with Crippen molar-refractivity contribution < 1.29 is 4.74 Å². The Hall–Kier alpha value is -2.71. The van der Waals surface area contributed by atoms with Crippen molar-refractivity contribution in [2.24, 2.45) is 10.9 Å². The van der Waals surface area contributed by atoms with E-state index in [1.54, 1.807) is 0 Å². The van der Waals surface area contributed by atoms with Gasteiger partial charge in [-0.1, -0.05) is 112 Å². The van der Waals surface area contributed by atoms with Gasteiger partial charge in [0.15, 0.2) is 5.72 Å². The number of hydrogen-bond donors (Lipinski definition) is 0. The molecule has 0 saturated heterocycles. The van der Waals surface area contributed by atoms with Crippen LogP contribution in [0.3, 0.4) is 0 Å². The van der Waals surface area contributed by atoms with Crippen molar-refractivity contribution in [2.75, 3.05) is 0 Å². The average molecular weight is 384 g/mol. The zero-order chi connectivity index (χ0) is 20.3. The smallest absolute Gasteiger partial charge is 0.185 e. The number of hydrogen-bond acceptors (Lipinski definition) is 2. The third-order valence-electron chi connectivity index (χ3n) is 6.15. The first-order chi connectivity index (χ1) is 14.1. The number of benzene rings is 3. The Balaban J connectivity index is 1.84. The largest absolute Gasteiger partial charge is 0.345 e. The molecule has 1 aliphatic rings. The van der Waals surface area contributed by atoms with Crippen LogP contribution in [0.1, 0.15) is 49.8 Å². The fourth-order valence-corrected chi connectivity index (χ4v) is 4.42. The number of ether oxygens (including phenoxy) is 1. The summed E-state index contributed by atoms with van der Waals surface area (Å²) in [6.45, 7) is 6.69. The maximum atomic E-state index is 6.90. The highest BCUT2D eigenvalue weighted by molar-refractivity contribution is 6.03. The number of rotatable bonds is 5. The monoisotopic (exact) mass is 383 g/mol. The Morgan fingerprint density at radius 1 is 0.862 bits per heavy atom. The SMILES string of the molecule is CC[C@@]1(c2ccccc2)N=C(c2ccccc2)[C@@H](C)[C@@H](C(C)c2ccccc2)O1. The fourth-order valence-electron chi connectivity index (χ4n) is 4.42. The molecule has 0 amide bonds. The zero-order valence-electron chi connectivity index (χ0n) is 17.5. The molecule has 29 heavy (non-hydrogen) atoms. The summed E-state index contributed by atoms with van der Waals surface area (Å²) in [6, 6.07) is 31.7. The second-order valence-electron chi connectivity index (χ2n) is 7.94. The molecule has 0 bridgehead atoms. The second kappa shape index (κ2) is 8.34. The minimum atomic E-state index is -0.660. The molecule has 1 heterocycles. The number of aliphatic imine (C=N–C) groups is 1. The van der Waals surface area contributed by atoms with E-state index in [4.69, 9.17) is 9.73 Å². The van der Waals surface area contributed by atoms with Crippen LogP contribution in [0.15, 0.2) is 96.0 Å². The predicted molar refractivity (Wildman–Crippen MR) is 120 cm³/mol. The van der Waals surface area contributed by atoms with Crippen LogP contribution in [-0.2, 0) is 10.5 Å². The molecule has 0 radical (unpaired) electrons. The van der Waals surface area contributed by atoms with Gasteiger partial charge in [0.25, 0.3) is 0 Å². The van der Waals surface area contributed by atoms with Crippen molar-refractivity contribution in [3.05, 3.63) is 108 Å². The van der Waals surface area contributed by atoms with Crippen molar-refractivity contribution in [1.82, 2.24) is 0 Å². The molecular formula is C27H29NO. The molecule has 3 aromatic rings. The van der Waals surface area contributed by atoms with E-state index in [0.29, 0.717) is 0 Å². The lowest BCUT2D eigenvalue weighted by Gasteiger charge is -2.44. The van der Waals surface area contributed by atoms with Crippen LogP contribution < -0.4 is 0 Å². The van der Waals surface area contributed by atoms with E-state index < -0.39 is 5.72 Å². The lowest BCUT2D eigenvalue weighted by atomic mass is 9.81. The van der Waals surface area contributed by atoms with Gasteiger partial charge in [-0.2, -0.15) is 0 Å². The predicted octanol–water partition coefficient (Wildman–Crippen LogP) is 6.58. The van der Waals surface area contributed by atoms with E-state index >= 15 is 0 Å². The van der Waals surface area contributed by atoms with Crippen LogP contribution in [0.4, 0.5) is 0 Å². The molecule has 0 aliphatic carbocycles. The third kappa shape index (κ3) is 3.77. The van der Waals surface area contributed by atoms with Crippen LogP contribution in [-0.4, -0.2) is 11.8 Å². The molecule has 0 saturated carbocycles. The first kappa shape index (κ1) is 19.6. The summed E-state index contributed by atoms with van der Waals surface area (Å²) in [7, 11) is 0. The molecule has 1 aliphatic heterocycles. The van der Waals surface area contributed by atoms with Gasteiger partial charge in [-0.25, -0.2) is 0 Å². The summed E-state index contributed by atoms with van der Waals surface area (Å²) in [5.41, 5.74) is 4.08. The molecule has 0 N–H and O–H groups in total. The van der Waals surface area contributed by atoms with Crippen molar-refractivity contribution in [3.63, 3.8) is 0 Å². The van der Waals surface area contributed by atoms with E-state index in [0.717, 1.165) is 17.7 Å². The summed E-state index contributed by atoms with van der Waals surface area (Å²) >= 11 is 0. The Bertz CT molecular complexity index is 952. The van der Waals surface area contributed by atoms with E-state index in [9.17, 15) is 0 Å². The summed E-state index contributed by atoms with van der Waals surface area (Å²) in [4.78, 5) is 5.27. The van der Waals surface area contributed by atoms with E-state index in [2.05, 4.69) is 106 Å². The van der Waals surface area contributed by atoms with Crippen molar-refractivity contribution in [3.8, 4) is 0 Å². The molecule has 2 nitrogen and oxygen atoms in total. The summed E-state index contributed by atoms with van der Waals surface area (Å²) in [6.07, 6.45) is 0.822. The van der Waals surface area contributed by atoms with Crippen molar-refractivity contribution in [2.45, 2.75) is 44.9 Å². The van der Waals surface area contributed by atoms with Gasteiger partial charge in [-0.3, -0.25) is 4.99 Å². The van der Waals surface area contributed by atoms with Crippen LogP contribution in [0.2, 0.25) is 0 Å². The minimum absolute atomic E-state index is 0.0327. The van der Waals surface area contributed by atoms with Crippen LogP contribution in [0, 0.1) is 5.92 Å². The third-order valence-corrected chi connectivity index (χ3v) is 6.15. The quantitative estimate of drug-likeness (QED) is 0.488. The standard InChI is InChI=1S/C27H29NO/c1-4-27(24-18-12-7-13-19-24)28-25(23-16-10-6-11-17-23)21(3)26(29-27)20(2)22-14-8-5-9-15-22/h5-21,26H,4H2,1-3H3/t20?,21-,26-,27-/m1/s1. The summed E-state index contributed by atoms with van der Waals surface area (Å²) in [5.74, 6) is 0.450. The van der Waals surface area contributed by atoms with E-state index in [1.165, 1.54) is 11.1 Å². The lowest BCUT2D eigenvalue weighted by Crippen LogP contribution is -2.46. The minimum Gasteiger partial charge on any atom is -0.345 e. The van der Waals surface area contributed by atoms with Gasteiger partial charge in [-0.05, 0) is 17.5 Å². The molecule has 0 spiro atoms. The van der Waals surface area contributed by atoms with Gasteiger partial charge in [0.2, 0.25) is 0 Å². The van der Waals surface area contributed by atoms with Crippen LogP contribution in [0.5, 0.6) is 0 Å². The maximum Gasteiger partial charge on any atom is 0.185 e. The summed E-state index contributed by atoms with van der Waals surface area (Å²) < 4.78 is 6.90. The molecule has 0 fully saturated rings. The first-order valence-electron chi connectivity index (χ1n) is 10.6. The van der Waals surface area contributed by atoms with Gasteiger partial charge >= 0.3 is 0 Å². The molecule has 2 heteroatoms. The molecule has 4 atom stereocenters.